The first-order valence-corrected chi connectivity index (χ1v) is 5.08. The highest BCUT2D eigenvalue weighted by Gasteiger charge is 2.21. The molecule has 0 aromatic heterocycles. The Morgan fingerprint density at radius 3 is 2.88 bits per heavy atom. The second-order valence-electron chi connectivity index (χ2n) is 3.48. The highest BCUT2D eigenvalue weighted by Crippen LogP contribution is 2.37. The molecular formula is C11H13NO4. The van der Waals surface area contributed by atoms with E-state index in [9.17, 15) is 9.90 Å². The number of ether oxygens (including phenoxy) is 2. The van der Waals surface area contributed by atoms with E-state index < -0.39 is 0 Å². The average molecular weight is 223 g/mol. The highest BCUT2D eigenvalue weighted by atomic mass is 16.6. The van der Waals surface area contributed by atoms with E-state index in [1.165, 1.54) is 12.1 Å². The van der Waals surface area contributed by atoms with Crippen molar-refractivity contribution >= 4 is 5.78 Å². The van der Waals surface area contributed by atoms with Gasteiger partial charge in [-0.3, -0.25) is 4.79 Å². The van der Waals surface area contributed by atoms with Crippen molar-refractivity contribution < 1.29 is 19.4 Å². The van der Waals surface area contributed by atoms with Gasteiger partial charge in [0.15, 0.2) is 17.3 Å². The summed E-state index contributed by atoms with van der Waals surface area (Å²) in [5.74, 6) is 0.652. The Labute approximate surface area is 92.8 Å². The van der Waals surface area contributed by atoms with Crippen LogP contribution < -0.4 is 15.2 Å². The predicted octanol–water partition coefficient (Wildman–Crippen LogP) is 0.695. The standard InChI is InChI=1S/C11H13NO4/c12-2-1-9(14)8-5-7(13)6-10-11(8)16-4-3-15-10/h5-6,13H,1-4,12H2. The van der Waals surface area contributed by atoms with Crippen LogP contribution in [0.1, 0.15) is 16.8 Å². The molecule has 0 unspecified atom stereocenters. The Morgan fingerprint density at radius 1 is 1.38 bits per heavy atom. The Hall–Kier alpha value is -1.75. The fourth-order valence-electron chi connectivity index (χ4n) is 1.61. The van der Waals surface area contributed by atoms with Crippen LogP contribution in [0.2, 0.25) is 0 Å². The van der Waals surface area contributed by atoms with E-state index in [1.807, 2.05) is 0 Å². The molecule has 0 bridgehead atoms. The van der Waals surface area contributed by atoms with Crippen LogP contribution in [0, 0.1) is 0 Å². The third-order valence-corrected chi connectivity index (χ3v) is 2.30. The molecule has 0 aliphatic carbocycles. The number of Topliss-reactive ketones (excluding diaryl/α,β-unsaturated/α-hetero) is 1. The molecule has 0 fully saturated rings. The largest absolute Gasteiger partial charge is 0.508 e. The summed E-state index contributed by atoms with van der Waals surface area (Å²) in [5, 5.41) is 9.47. The summed E-state index contributed by atoms with van der Waals surface area (Å²) in [6.07, 6.45) is 0.221. The molecule has 0 saturated carbocycles. The summed E-state index contributed by atoms with van der Waals surface area (Å²) in [6.45, 7) is 1.09. The molecule has 5 nitrogen and oxygen atoms in total. The first-order valence-electron chi connectivity index (χ1n) is 5.08. The molecule has 1 aliphatic heterocycles. The lowest BCUT2D eigenvalue weighted by Gasteiger charge is -2.20. The van der Waals surface area contributed by atoms with Gasteiger partial charge in [-0.05, 0) is 12.6 Å². The van der Waals surface area contributed by atoms with Crippen LogP contribution in [0.15, 0.2) is 12.1 Å². The zero-order chi connectivity index (χ0) is 11.5. The lowest BCUT2D eigenvalue weighted by atomic mass is 10.1. The molecule has 0 atom stereocenters. The molecule has 2 rings (SSSR count). The molecular weight excluding hydrogens is 210 g/mol. The van der Waals surface area contributed by atoms with Gasteiger partial charge in [0, 0.05) is 12.5 Å². The summed E-state index contributed by atoms with van der Waals surface area (Å²) in [7, 11) is 0. The number of phenols is 1. The lowest BCUT2D eigenvalue weighted by Crippen LogP contribution is -2.18. The highest BCUT2D eigenvalue weighted by molar-refractivity contribution is 6.00. The van der Waals surface area contributed by atoms with Crippen molar-refractivity contribution in [3.63, 3.8) is 0 Å². The summed E-state index contributed by atoms with van der Waals surface area (Å²) < 4.78 is 10.7. The molecule has 0 radical (unpaired) electrons. The molecule has 1 heterocycles. The maximum Gasteiger partial charge on any atom is 0.172 e. The van der Waals surface area contributed by atoms with Gasteiger partial charge in [-0.2, -0.15) is 0 Å². The number of ketones is 1. The minimum absolute atomic E-state index is 0.00961. The zero-order valence-corrected chi connectivity index (χ0v) is 8.73. The smallest absolute Gasteiger partial charge is 0.172 e. The monoisotopic (exact) mass is 223 g/mol. The van der Waals surface area contributed by atoms with E-state index in [1.54, 1.807) is 0 Å². The van der Waals surface area contributed by atoms with Crippen molar-refractivity contribution in [2.45, 2.75) is 6.42 Å². The molecule has 0 amide bonds. The van der Waals surface area contributed by atoms with Crippen LogP contribution in [0.3, 0.4) is 0 Å². The van der Waals surface area contributed by atoms with Crippen molar-refractivity contribution in [2.75, 3.05) is 19.8 Å². The Morgan fingerprint density at radius 2 is 2.12 bits per heavy atom. The maximum absolute atomic E-state index is 11.7. The topological polar surface area (TPSA) is 81.8 Å². The first kappa shape index (κ1) is 10.8. The van der Waals surface area contributed by atoms with Gasteiger partial charge in [-0.15, -0.1) is 0 Å². The second kappa shape index (κ2) is 4.40. The van der Waals surface area contributed by atoms with E-state index in [-0.39, 0.29) is 24.5 Å². The van der Waals surface area contributed by atoms with Gasteiger partial charge in [0.05, 0.1) is 5.56 Å². The third kappa shape index (κ3) is 1.94. The van der Waals surface area contributed by atoms with E-state index in [2.05, 4.69) is 0 Å². The molecule has 5 heteroatoms. The number of fused-ring (bicyclic) bond motifs is 1. The lowest BCUT2D eigenvalue weighted by molar-refractivity contribution is 0.0973. The minimum Gasteiger partial charge on any atom is -0.508 e. The van der Waals surface area contributed by atoms with E-state index in [4.69, 9.17) is 15.2 Å². The van der Waals surface area contributed by atoms with Crippen LogP contribution >= 0.6 is 0 Å². The number of hydrogen-bond donors (Lipinski definition) is 2. The predicted molar refractivity (Wildman–Crippen MR) is 57.1 cm³/mol. The van der Waals surface area contributed by atoms with E-state index >= 15 is 0 Å². The van der Waals surface area contributed by atoms with Crippen molar-refractivity contribution in [3.05, 3.63) is 17.7 Å². The Bertz CT molecular complexity index is 417. The van der Waals surface area contributed by atoms with Crippen molar-refractivity contribution in [1.29, 1.82) is 0 Å². The fraction of sp³-hybridized carbons (Fsp3) is 0.364. The Kier molecular flexibility index (Phi) is 2.96. The third-order valence-electron chi connectivity index (χ3n) is 2.30. The zero-order valence-electron chi connectivity index (χ0n) is 8.73. The number of aromatic hydroxyl groups is 1. The normalized spacial score (nSPS) is 13.6. The van der Waals surface area contributed by atoms with Crippen LogP contribution in [0.25, 0.3) is 0 Å². The van der Waals surface area contributed by atoms with Gasteiger partial charge < -0.3 is 20.3 Å². The SMILES string of the molecule is NCCC(=O)c1cc(O)cc2c1OCCO2. The summed E-state index contributed by atoms with van der Waals surface area (Å²) in [6, 6.07) is 2.82. The van der Waals surface area contributed by atoms with Gasteiger partial charge in [-0.1, -0.05) is 0 Å². The van der Waals surface area contributed by atoms with Crippen LogP contribution in [0.4, 0.5) is 0 Å². The van der Waals surface area contributed by atoms with Gasteiger partial charge in [0.1, 0.15) is 19.0 Å². The quantitative estimate of drug-likeness (QED) is 0.737. The van der Waals surface area contributed by atoms with Gasteiger partial charge in [0.2, 0.25) is 0 Å². The van der Waals surface area contributed by atoms with Crippen molar-refractivity contribution in [3.8, 4) is 17.2 Å². The Balaban J connectivity index is 2.43. The van der Waals surface area contributed by atoms with Gasteiger partial charge >= 0.3 is 0 Å². The minimum atomic E-state index is -0.153. The summed E-state index contributed by atoms with van der Waals surface area (Å²) in [5.41, 5.74) is 5.66. The van der Waals surface area contributed by atoms with Crippen LogP contribution in [-0.2, 0) is 0 Å². The molecule has 1 aromatic carbocycles. The molecule has 0 spiro atoms. The van der Waals surface area contributed by atoms with Crippen LogP contribution in [0.5, 0.6) is 17.2 Å². The van der Waals surface area contributed by atoms with Crippen molar-refractivity contribution in [1.82, 2.24) is 0 Å². The maximum atomic E-state index is 11.7. The summed E-state index contributed by atoms with van der Waals surface area (Å²) in [4.78, 5) is 11.7. The van der Waals surface area contributed by atoms with E-state index in [0.717, 1.165) is 0 Å². The van der Waals surface area contributed by atoms with E-state index in [0.29, 0.717) is 30.3 Å². The number of nitrogens with two attached hydrogens (primary N) is 1. The number of carbonyl (C=O) groups excluding carboxylic acids is 1. The van der Waals surface area contributed by atoms with Crippen molar-refractivity contribution in [2.24, 2.45) is 5.73 Å². The molecule has 3 N–H and O–H groups in total. The second-order valence-corrected chi connectivity index (χ2v) is 3.48. The van der Waals surface area contributed by atoms with Gasteiger partial charge in [0.25, 0.3) is 0 Å². The summed E-state index contributed by atoms with van der Waals surface area (Å²) >= 11 is 0. The van der Waals surface area contributed by atoms with Crippen LogP contribution in [-0.4, -0.2) is 30.6 Å². The number of hydrogen-bond acceptors (Lipinski definition) is 5. The number of rotatable bonds is 3. The molecule has 1 aliphatic rings. The number of phenolic OH excluding ortho intramolecular Hbond substituents is 1. The first-order chi connectivity index (χ1) is 7.72. The number of carbonyl (C=O) groups is 1. The fourth-order valence-corrected chi connectivity index (χ4v) is 1.61. The molecule has 86 valence electrons. The average Bonchev–Trinajstić information content (AvgIpc) is 2.28. The molecule has 0 saturated heterocycles. The van der Waals surface area contributed by atoms with Gasteiger partial charge in [-0.25, -0.2) is 0 Å². The molecule has 1 aromatic rings. The molecule has 16 heavy (non-hydrogen) atoms. The number of benzene rings is 1.